The Morgan fingerprint density at radius 2 is 2.03 bits per heavy atom. The molecule has 1 fully saturated rings. The number of fused-ring (bicyclic) bond motifs is 2. The molecule has 0 radical (unpaired) electrons. The topological polar surface area (TPSA) is 85.1 Å². The minimum absolute atomic E-state index is 0.0877. The molecule has 3 aromatic heterocycles. The van der Waals surface area contributed by atoms with Crippen molar-refractivity contribution >= 4 is 39.1 Å². The van der Waals surface area contributed by atoms with Crippen molar-refractivity contribution in [3.05, 3.63) is 33.9 Å². The van der Waals surface area contributed by atoms with Gasteiger partial charge in [0, 0.05) is 24.5 Å². The molecule has 0 atom stereocenters. The highest BCUT2D eigenvalue weighted by Crippen LogP contribution is 2.38. The molecule has 2 aliphatic heterocycles. The van der Waals surface area contributed by atoms with Gasteiger partial charge in [-0.05, 0) is 18.9 Å². The van der Waals surface area contributed by atoms with Crippen LogP contribution >= 0.6 is 11.3 Å². The maximum absolute atomic E-state index is 12.7. The van der Waals surface area contributed by atoms with Gasteiger partial charge in [-0.3, -0.25) is 19.5 Å². The number of nitrogens with zero attached hydrogens (tertiary/aromatic N) is 3. The monoisotopic (exact) mass is 437 g/mol. The maximum Gasteiger partial charge on any atom is 0.303 e. The summed E-state index contributed by atoms with van der Waals surface area (Å²) < 4.78 is 17.8. The summed E-state index contributed by atoms with van der Waals surface area (Å²) in [5, 5.41) is 1.86. The Kier molecular flexibility index (Phi) is 5.10. The van der Waals surface area contributed by atoms with Crippen molar-refractivity contribution in [3.8, 4) is 28.8 Å². The van der Waals surface area contributed by atoms with Crippen LogP contribution in [0.15, 0.2) is 32.9 Å². The molecule has 0 spiro atoms. The van der Waals surface area contributed by atoms with Crippen molar-refractivity contribution in [1.29, 1.82) is 0 Å². The first kappa shape index (κ1) is 19.6. The van der Waals surface area contributed by atoms with Gasteiger partial charge in [-0.1, -0.05) is 5.92 Å². The lowest BCUT2D eigenvalue weighted by atomic mass is 10.1. The number of morpholine rings is 1. The Morgan fingerprint density at radius 1 is 1.19 bits per heavy atom. The van der Waals surface area contributed by atoms with Crippen LogP contribution in [-0.2, 0) is 9.53 Å². The van der Waals surface area contributed by atoms with E-state index in [1.165, 1.54) is 17.4 Å². The Labute approximate surface area is 182 Å². The van der Waals surface area contributed by atoms with E-state index in [4.69, 9.17) is 13.9 Å². The first-order valence-corrected chi connectivity index (χ1v) is 10.8. The maximum atomic E-state index is 12.7. The summed E-state index contributed by atoms with van der Waals surface area (Å²) in [6.45, 7) is 4.93. The zero-order chi connectivity index (χ0) is 21.4. The fourth-order valence-electron chi connectivity index (χ4n) is 3.70. The van der Waals surface area contributed by atoms with E-state index in [1.54, 1.807) is 24.1 Å². The van der Waals surface area contributed by atoms with Crippen molar-refractivity contribution in [3.63, 3.8) is 0 Å². The van der Waals surface area contributed by atoms with E-state index in [2.05, 4.69) is 16.8 Å². The van der Waals surface area contributed by atoms with Crippen molar-refractivity contribution in [2.75, 3.05) is 49.3 Å². The Hall–Kier alpha value is -3.35. The molecule has 5 heterocycles. The third kappa shape index (κ3) is 3.54. The minimum Gasteiger partial charge on any atom is -0.488 e. The average molecular weight is 437 g/mol. The number of pyridine rings is 1. The molecule has 0 N–H and O–H groups in total. The van der Waals surface area contributed by atoms with Crippen molar-refractivity contribution in [2.24, 2.45) is 0 Å². The summed E-state index contributed by atoms with van der Waals surface area (Å²) in [5.41, 5.74) is 2.31. The van der Waals surface area contributed by atoms with E-state index in [-0.39, 0.29) is 11.3 Å². The highest BCUT2D eigenvalue weighted by molar-refractivity contribution is 7.17. The van der Waals surface area contributed by atoms with Gasteiger partial charge >= 0.3 is 5.91 Å². The van der Waals surface area contributed by atoms with Crippen LogP contribution in [0.2, 0.25) is 0 Å². The Bertz CT molecular complexity index is 1280. The third-order valence-electron chi connectivity index (χ3n) is 5.22. The molecule has 3 aromatic rings. The number of hydrogen-bond donors (Lipinski definition) is 0. The second-order valence-corrected chi connectivity index (χ2v) is 7.95. The minimum atomic E-state index is -0.291. The van der Waals surface area contributed by atoms with Crippen LogP contribution in [0.25, 0.3) is 21.5 Å². The lowest BCUT2D eigenvalue weighted by molar-refractivity contribution is -0.113. The highest BCUT2D eigenvalue weighted by Gasteiger charge is 2.25. The zero-order valence-corrected chi connectivity index (χ0v) is 17.7. The zero-order valence-electron chi connectivity index (χ0n) is 16.8. The number of thiophene rings is 1. The molecule has 158 valence electrons. The summed E-state index contributed by atoms with van der Waals surface area (Å²) >= 11 is 1.32. The van der Waals surface area contributed by atoms with E-state index in [9.17, 15) is 9.59 Å². The molecule has 8 nitrogen and oxygen atoms in total. The smallest absolute Gasteiger partial charge is 0.303 e. The predicted octanol–water partition coefficient (Wildman–Crippen LogP) is 2.50. The van der Waals surface area contributed by atoms with Gasteiger partial charge in [-0.2, -0.15) is 0 Å². The molecule has 0 saturated carbocycles. The quantitative estimate of drug-likeness (QED) is 0.570. The van der Waals surface area contributed by atoms with Gasteiger partial charge in [0.1, 0.15) is 11.3 Å². The van der Waals surface area contributed by atoms with Crippen molar-refractivity contribution in [2.45, 2.75) is 6.92 Å². The fraction of sp³-hybridized carbons (Fsp3) is 0.318. The second-order valence-electron chi connectivity index (χ2n) is 7.07. The standard InChI is InChI=1S/C22H19N3O5S/c1-2-3-19(27)25-6-9-29-18-12-23-15(10-16(18)25)14-13-31-22-17(26)11-20(30-21(14)22)24-4-7-28-8-5-24/h10-13H,4-9H2,1H3. The van der Waals surface area contributed by atoms with Gasteiger partial charge in [0.15, 0.2) is 17.2 Å². The number of aromatic nitrogens is 1. The Morgan fingerprint density at radius 3 is 2.84 bits per heavy atom. The summed E-state index contributed by atoms with van der Waals surface area (Å²) in [5.74, 6) is 5.98. The van der Waals surface area contributed by atoms with Gasteiger partial charge < -0.3 is 18.8 Å². The lowest BCUT2D eigenvalue weighted by Gasteiger charge is -2.28. The number of anilines is 2. The molecule has 2 aliphatic rings. The van der Waals surface area contributed by atoms with Gasteiger partial charge in [0.25, 0.3) is 0 Å². The van der Waals surface area contributed by atoms with Gasteiger partial charge in [0.2, 0.25) is 5.43 Å². The van der Waals surface area contributed by atoms with Crippen LogP contribution in [0.4, 0.5) is 11.6 Å². The predicted molar refractivity (Wildman–Crippen MR) is 118 cm³/mol. The van der Waals surface area contributed by atoms with Crippen LogP contribution in [-0.4, -0.2) is 50.3 Å². The summed E-state index contributed by atoms with van der Waals surface area (Å²) in [4.78, 5) is 33.3. The van der Waals surface area contributed by atoms with Gasteiger partial charge in [-0.25, -0.2) is 0 Å². The Balaban J connectivity index is 1.60. The van der Waals surface area contributed by atoms with Crippen molar-refractivity contribution < 1.29 is 18.7 Å². The number of carbonyl (C=O) groups is 1. The number of hydrogen-bond acceptors (Lipinski definition) is 8. The van der Waals surface area contributed by atoms with Crippen molar-refractivity contribution in [1.82, 2.24) is 4.98 Å². The molecule has 0 aliphatic carbocycles. The summed E-state index contributed by atoms with van der Waals surface area (Å²) in [6, 6.07) is 3.32. The molecule has 0 unspecified atom stereocenters. The highest BCUT2D eigenvalue weighted by atomic mass is 32.1. The van der Waals surface area contributed by atoms with E-state index in [0.29, 0.717) is 78.3 Å². The van der Waals surface area contributed by atoms with Crippen LogP contribution < -0.4 is 20.0 Å². The first-order valence-electron chi connectivity index (χ1n) is 9.91. The normalized spacial score (nSPS) is 15.8. The van der Waals surface area contributed by atoms with Crippen LogP contribution in [0, 0.1) is 11.8 Å². The lowest BCUT2D eigenvalue weighted by Crippen LogP contribution is -2.37. The van der Waals surface area contributed by atoms with E-state index < -0.39 is 0 Å². The average Bonchev–Trinajstić information content (AvgIpc) is 3.24. The molecular formula is C22H19N3O5S. The largest absolute Gasteiger partial charge is 0.488 e. The molecule has 0 aromatic carbocycles. The summed E-state index contributed by atoms with van der Waals surface area (Å²) in [7, 11) is 0. The third-order valence-corrected chi connectivity index (χ3v) is 6.19. The molecule has 1 amide bonds. The SMILES string of the molecule is CC#CC(=O)N1CCOc2cnc(-c3csc4c(=O)cc(N5CCOCC5)oc34)cc21. The number of amides is 1. The second kappa shape index (κ2) is 8.06. The van der Waals surface area contributed by atoms with E-state index in [1.807, 2.05) is 10.3 Å². The van der Waals surface area contributed by atoms with Gasteiger partial charge in [0.05, 0.1) is 42.9 Å². The van der Waals surface area contributed by atoms with Gasteiger partial charge in [-0.15, -0.1) is 11.3 Å². The molecule has 5 rings (SSSR count). The molecular weight excluding hydrogens is 418 g/mol. The van der Waals surface area contributed by atoms with Crippen LogP contribution in [0.5, 0.6) is 5.75 Å². The number of carbonyl (C=O) groups excluding carboxylic acids is 1. The number of ether oxygens (including phenoxy) is 2. The summed E-state index contributed by atoms with van der Waals surface area (Å²) in [6.07, 6.45) is 1.59. The molecule has 31 heavy (non-hydrogen) atoms. The van der Waals surface area contributed by atoms with Crippen LogP contribution in [0.1, 0.15) is 6.92 Å². The number of rotatable bonds is 2. The van der Waals surface area contributed by atoms with E-state index >= 15 is 0 Å². The molecule has 0 bridgehead atoms. The van der Waals surface area contributed by atoms with E-state index in [0.717, 1.165) is 0 Å². The van der Waals surface area contributed by atoms with Crippen LogP contribution in [0.3, 0.4) is 0 Å². The molecule has 9 heteroatoms. The fourth-order valence-corrected chi connectivity index (χ4v) is 4.60. The first-order chi connectivity index (χ1) is 15.2. The molecule has 1 saturated heterocycles.